The molecule has 2 aromatic rings. The Morgan fingerprint density at radius 3 is 1.68 bits per heavy atom. The summed E-state index contributed by atoms with van der Waals surface area (Å²) in [5, 5.41) is 0.797. The average molecular weight is 437 g/mol. The van der Waals surface area contributed by atoms with Gasteiger partial charge in [-0.15, -0.1) is 0 Å². The standard InChI is InChI=1S/C25H35O4P.Li/c1-9-27-19-14-20(28-10-2)23(21(15-19)29-11-3)30-24(26)22-16(4)12-18(13-17(22)5)25(6,7)8;/h12-15,30H,9-11H2,1-8H3;. The van der Waals surface area contributed by atoms with Crippen LogP contribution in [0.4, 0.5) is 0 Å². The molecule has 4 nitrogen and oxygen atoms in total. The van der Waals surface area contributed by atoms with Gasteiger partial charge in [-0.1, -0.05) is 32.9 Å². The smallest absolute Gasteiger partial charge is 0.186 e. The van der Waals surface area contributed by atoms with Crippen LogP contribution in [-0.2, 0) is 5.41 Å². The van der Waals surface area contributed by atoms with Crippen molar-refractivity contribution in [2.75, 3.05) is 19.8 Å². The van der Waals surface area contributed by atoms with Crippen molar-refractivity contribution in [1.29, 1.82) is 0 Å². The van der Waals surface area contributed by atoms with Crippen LogP contribution in [0.3, 0.4) is 0 Å². The Bertz CT molecular complexity index is 853. The van der Waals surface area contributed by atoms with Crippen molar-refractivity contribution in [1.82, 2.24) is 0 Å². The third-order valence-electron chi connectivity index (χ3n) is 4.81. The monoisotopic (exact) mass is 437 g/mol. The first-order valence-electron chi connectivity index (χ1n) is 10.6. The Kier molecular flexibility index (Phi) is 10.6. The number of carbonyl (C=O) groups excluding carboxylic acids is 1. The first-order chi connectivity index (χ1) is 14.1. The molecule has 1 unspecified atom stereocenters. The van der Waals surface area contributed by atoms with Crippen LogP contribution in [0, 0.1) is 13.8 Å². The molecular formula is C25H35LiO4P. The third kappa shape index (κ3) is 7.01. The molecule has 1 radical (unpaired) electrons. The minimum Gasteiger partial charge on any atom is -0.494 e. The zero-order valence-electron chi connectivity index (χ0n) is 20.6. The molecule has 0 heterocycles. The summed E-state index contributed by atoms with van der Waals surface area (Å²) in [4.78, 5) is 13.4. The molecule has 0 aliphatic heterocycles. The van der Waals surface area contributed by atoms with Crippen LogP contribution in [0.2, 0.25) is 0 Å². The van der Waals surface area contributed by atoms with E-state index in [0.29, 0.717) is 37.1 Å². The average Bonchev–Trinajstić information content (AvgIpc) is 2.63. The van der Waals surface area contributed by atoms with E-state index in [0.717, 1.165) is 22.0 Å². The summed E-state index contributed by atoms with van der Waals surface area (Å²) >= 11 is 0. The Hall–Kier alpha value is -1.46. The third-order valence-corrected chi connectivity index (χ3v) is 6.03. The van der Waals surface area contributed by atoms with Crippen molar-refractivity contribution in [3.63, 3.8) is 0 Å². The molecule has 165 valence electrons. The maximum Gasteiger partial charge on any atom is 0.186 e. The largest absolute Gasteiger partial charge is 0.494 e. The molecule has 0 aliphatic carbocycles. The minimum atomic E-state index is -0.0968. The van der Waals surface area contributed by atoms with Crippen LogP contribution >= 0.6 is 8.58 Å². The molecule has 6 heteroatoms. The summed E-state index contributed by atoms with van der Waals surface area (Å²) in [7, 11) is -0.0968. The summed E-state index contributed by atoms with van der Waals surface area (Å²) in [5.74, 6) is 1.99. The van der Waals surface area contributed by atoms with Gasteiger partial charge in [-0.3, -0.25) is 4.79 Å². The minimum absolute atomic E-state index is 0. The van der Waals surface area contributed by atoms with Gasteiger partial charge in [0, 0.05) is 36.6 Å². The van der Waals surface area contributed by atoms with Gasteiger partial charge in [0.25, 0.3) is 0 Å². The van der Waals surface area contributed by atoms with E-state index in [1.54, 1.807) is 0 Å². The van der Waals surface area contributed by atoms with Crippen molar-refractivity contribution in [3.05, 3.63) is 46.5 Å². The van der Waals surface area contributed by atoms with Gasteiger partial charge in [-0.05, 0) is 65.3 Å². The molecule has 2 rings (SSSR count). The topological polar surface area (TPSA) is 44.8 Å². The van der Waals surface area contributed by atoms with Crippen LogP contribution in [0.15, 0.2) is 24.3 Å². The fraction of sp³-hybridized carbons (Fsp3) is 0.480. The van der Waals surface area contributed by atoms with Crippen LogP contribution in [0.1, 0.15) is 68.6 Å². The van der Waals surface area contributed by atoms with Gasteiger partial charge in [0.2, 0.25) is 0 Å². The van der Waals surface area contributed by atoms with Crippen LogP contribution in [0.25, 0.3) is 0 Å². The second kappa shape index (κ2) is 12.0. The summed E-state index contributed by atoms with van der Waals surface area (Å²) in [6.07, 6.45) is 0. The summed E-state index contributed by atoms with van der Waals surface area (Å²) < 4.78 is 17.4. The number of ether oxygens (including phenoxy) is 3. The van der Waals surface area contributed by atoms with Gasteiger partial charge in [0.1, 0.15) is 17.2 Å². The molecule has 0 amide bonds. The number of rotatable bonds is 9. The molecule has 0 saturated carbocycles. The second-order valence-corrected chi connectivity index (χ2v) is 9.49. The van der Waals surface area contributed by atoms with E-state index in [1.165, 1.54) is 5.56 Å². The van der Waals surface area contributed by atoms with E-state index in [9.17, 15) is 4.79 Å². The van der Waals surface area contributed by atoms with Crippen molar-refractivity contribution in [2.24, 2.45) is 0 Å². The van der Waals surface area contributed by atoms with Crippen molar-refractivity contribution < 1.29 is 19.0 Å². The Labute approximate surface area is 201 Å². The van der Waals surface area contributed by atoms with E-state index < -0.39 is 0 Å². The molecule has 0 bridgehead atoms. The summed E-state index contributed by atoms with van der Waals surface area (Å²) in [6, 6.07) is 7.98. The molecule has 31 heavy (non-hydrogen) atoms. The van der Waals surface area contributed by atoms with Gasteiger partial charge < -0.3 is 14.2 Å². The predicted octanol–water partition coefficient (Wildman–Crippen LogP) is 5.56. The van der Waals surface area contributed by atoms with Crippen molar-refractivity contribution in [2.45, 2.75) is 60.8 Å². The molecule has 0 aliphatic rings. The number of hydrogen-bond donors (Lipinski definition) is 0. The maximum absolute atomic E-state index is 13.4. The molecule has 0 saturated heterocycles. The number of carbonyl (C=O) groups is 1. The molecule has 0 spiro atoms. The van der Waals surface area contributed by atoms with E-state index in [2.05, 4.69) is 32.9 Å². The van der Waals surface area contributed by atoms with Gasteiger partial charge in [0.05, 0.1) is 25.1 Å². The zero-order valence-corrected chi connectivity index (χ0v) is 21.6. The van der Waals surface area contributed by atoms with E-state index >= 15 is 0 Å². The normalized spacial score (nSPS) is 11.4. The van der Waals surface area contributed by atoms with Gasteiger partial charge >= 0.3 is 0 Å². The quantitative estimate of drug-likeness (QED) is 0.381. The van der Waals surface area contributed by atoms with Gasteiger partial charge in [0.15, 0.2) is 5.52 Å². The Balaban J connectivity index is 0.00000480. The van der Waals surface area contributed by atoms with Crippen LogP contribution in [0.5, 0.6) is 17.2 Å². The molecule has 1 atom stereocenters. The SMILES string of the molecule is CCOc1cc(OCC)c(PC(=O)c2c(C)cc(C(C)(C)C)cc2C)c(OCC)c1.[Li]. The molecule has 0 aromatic heterocycles. The first kappa shape index (κ1) is 27.6. The molecule has 2 aromatic carbocycles. The van der Waals surface area contributed by atoms with Crippen LogP contribution in [-0.4, -0.2) is 44.2 Å². The molecule has 0 fully saturated rings. The number of hydrogen-bond acceptors (Lipinski definition) is 4. The van der Waals surface area contributed by atoms with Crippen molar-refractivity contribution in [3.8, 4) is 17.2 Å². The first-order valence-corrected chi connectivity index (χ1v) is 11.6. The Morgan fingerprint density at radius 1 is 0.839 bits per heavy atom. The van der Waals surface area contributed by atoms with E-state index in [4.69, 9.17) is 14.2 Å². The fourth-order valence-electron chi connectivity index (χ4n) is 3.41. The number of aryl methyl sites for hydroxylation is 2. The fourth-order valence-corrected chi connectivity index (χ4v) is 4.69. The zero-order chi connectivity index (χ0) is 22.5. The number of benzene rings is 2. The predicted molar refractivity (Wildman–Crippen MR) is 133 cm³/mol. The van der Waals surface area contributed by atoms with Crippen molar-refractivity contribution >= 4 is 38.3 Å². The van der Waals surface area contributed by atoms with Crippen LogP contribution < -0.4 is 19.5 Å². The summed E-state index contributed by atoms with van der Waals surface area (Å²) in [5.41, 5.74) is 4.19. The van der Waals surface area contributed by atoms with E-state index in [-0.39, 0.29) is 38.4 Å². The maximum atomic E-state index is 13.4. The summed E-state index contributed by atoms with van der Waals surface area (Å²) in [6.45, 7) is 18.0. The van der Waals surface area contributed by atoms with Gasteiger partial charge in [-0.2, -0.15) is 0 Å². The second-order valence-electron chi connectivity index (χ2n) is 8.28. The Morgan fingerprint density at radius 2 is 1.29 bits per heavy atom. The van der Waals surface area contributed by atoms with E-state index in [1.807, 2.05) is 46.8 Å². The molecule has 0 N–H and O–H groups in total. The molecular weight excluding hydrogens is 402 g/mol. The van der Waals surface area contributed by atoms with Gasteiger partial charge in [-0.25, -0.2) is 0 Å².